The lowest BCUT2D eigenvalue weighted by atomic mass is 9.96. The van der Waals surface area contributed by atoms with Crippen molar-refractivity contribution in [2.75, 3.05) is 25.0 Å². The number of nitrogens with zero attached hydrogens (tertiary/aromatic N) is 2. The number of thiazole rings is 1. The minimum Gasteiger partial charge on any atom is -0.369 e. The second-order valence-corrected chi connectivity index (χ2v) is 7.02. The van der Waals surface area contributed by atoms with E-state index in [9.17, 15) is 9.59 Å². The van der Waals surface area contributed by atoms with Crippen LogP contribution in [0, 0.1) is 12.8 Å². The van der Waals surface area contributed by atoms with Gasteiger partial charge in [0.2, 0.25) is 11.8 Å². The van der Waals surface area contributed by atoms with E-state index in [1.54, 1.807) is 0 Å². The van der Waals surface area contributed by atoms with E-state index < -0.39 is 0 Å². The molecule has 2 heterocycles. The number of nitrogens with one attached hydrogen (secondary N) is 1. The summed E-state index contributed by atoms with van der Waals surface area (Å²) < 4.78 is 1.07. The number of rotatable bonds is 4. The summed E-state index contributed by atoms with van der Waals surface area (Å²) in [6, 6.07) is 6.04. The Bertz CT molecular complexity index is 735. The Kier molecular flexibility index (Phi) is 4.58. The van der Waals surface area contributed by atoms with E-state index in [-0.39, 0.29) is 17.7 Å². The van der Waals surface area contributed by atoms with Gasteiger partial charge < -0.3 is 11.1 Å². The number of hydrogen-bond donors (Lipinski definition) is 2. The fourth-order valence-corrected chi connectivity index (χ4v) is 3.80. The number of likely N-dealkylation sites (tertiary alicyclic amines) is 1. The smallest absolute Gasteiger partial charge is 0.240 e. The number of carbonyl (C=O) groups excluding carboxylic acids is 2. The van der Waals surface area contributed by atoms with Crippen LogP contribution in [0.2, 0.25) is 0 Å². The van der Waals surface area contributed by atoms with Crippen molar-refractivity contribution < 1.29 is 9.59 Å². The third kappa shape index (κ3) is 3.86. The average Bonchev–Trinajstić information content (AvgIpc) is 2.88. The number of amides is 2. The first-order valence-corrected chi connectivity index (χ1v) is 8.51. The molecule has 3 rings (SSSR count). The number of carbonyl (C=O) groups is 2. The molecule has 0 saturated carbocycles. The second kappa shape index (κ2) is 6.64. The van der Waals surface area contributed by atoms with Gasteiger partial charge in [0.05, 0.1) is 16.8 Å². The summed E-state index contributed by atoms with van der Waals surface area (Å²) in [5.74, 6) is -0.362. The van der Waals surface area contributed by atoms with Crippen molar-refractivity contribution in [3.05, 3.63) is 23.8 Å². The standard InChI is InChI=1S/C16H20N4O2S/c1-10-2-3-12-13(8-10)23-16(18-12)19-14(21)9-20-6-4-11(5-7-20)15(17)22/h2-3,8,11H,4-7,9H2,1H3,(H2,17,22)(H,18,19,21). The Labute approximate surface area is 138 Å². The van der Waals surface area contributed by atoms with Crippen molar-refractivity contribution >= 4 is 38.5 Å². The van der Waals surface area contributed by atoms with Crippen LogP contribution in [0.4, 0.5) is 5.13 Å². The number of primary amides is 1. The molecule has 1 aliphatic rings. The molecule has 122 valence electrons. The van der Waals surface area contributed by atoms with Crippen molar-refractivity contribution in [3.8, 4) is 0 Å². The zero-order valence-electron chi connectivity index (χ0n) is 13.0. The highest BCUT2D eigenvalue weighted by Crippen LogP contribution is 2.26. The van der Waals surface area contributed by atoms with Gasteiger partial charge in [-0.3, -0.25) is 14.5 Å². The summed E-state index contributed by atoms with van der Waals surface area (Å²) in [6.07, 6.45) is 1.45. The first-order valence-electron chi connectivity index (χ1n) is 7.70. The number of benzene rings is 1. The van der Waals surface area contributed by atoms with Crippen molar-refractivity contribution in [1.29, 1.82) is 0 Å². The van der Waals surface area contributed by atoms with E-state index >= 15 is 0 Å². The molecule has 1 aliphatic heterocycles. The molecule has 6 nitrogen and oxygen atoms in total. The van der Waals surface area contributed by atoms with Crippen molar-refractivity contribution in [2.24, 2.45) is 11.7 Å². The van der Waals surface area contributed by atoms with E-state index in [2.05, 4.69) is 16.4 Å². The lowest BCUT2D eigenvalue weighted by Gasteiger charge is -2.29. The van der Waals surface area contributed by atoms with Gasteiger partial charge in [0, 0.05) is 5.92 Å². The lowest BCUT2D eigenvalue weighted by molar-refractivity contribution is -0.123. The van der Waals surface area contributed by atoms with Gasteiger partial charge in [-0.25, -0.2) is 4.98 Å². The largest absolute Gasteiger partial charge is 0.369 e. The van der Waals surface area contributed by atoms with Crippen molar-refractivity contribution in [1.82, 2.24) is 9.88 Å². The minimum atomic E-state index is -0.237. The first kappa shape index (κ1) is 15.9. The predicted molar refractivity (Wildman–Crippen MR) is 91.3 cm³/mol. The van der Waals surface area contributed by atoms with Gasteiger partial charge in [-0.2, -0.15) is 0 Å². The van der Waals surface area contributed by atoms with E-state index in [1.165, 1.54) is 16.9 Å². The molecule has 1 fully saturated rings. The molecule has 0 bridgehead atoms. The molecule has 7 heteroatoms. The van der Waals surface area contributed by atoms with Crippen LogP contribution in [0.5, 0.6) is 0 Å². The number of anilines is 1. The van der Waals surface area contributed by atoms with Crippen LogP contribution in [0.25, 0.3) is 10.2 Å². The zero-order valence-corrected chi connectivity index (χ0v) is 13.9. The maximum atomic E-state index is 12.2. The van der Waals surface area contributed by atoms with Gasteiger partial charge in [-0.05, 0) is 50.6 Å². The molecule has 1 saturated heterocycles. The SMILES string of the molecule is Cc1ccc2nc(NC(=O)CN3CCC(C(N)=O)CC3)sc2c1. The van der Waals surface area contributed by atoms with Crippen LogP contribution < -0.4 is 11.1 Å². The second-order valence-electron chi connectivity index (χ2n) is 5.99. The van der Waals surface area contributed by atoms with Crippen LogP contribution in [0.1, 0.15) is 18.4 Å². The van der Waals surface area contributed by atoms with Crippen molar-refractivity contribution in [2.45, 2.75) is 19.8 Å². The van der Waals surface area contributed by atoms with E-state index in [1.807, 2.05) is 24.0 Å². The average molecular weight is 332 g/mol. The molecular weight excluding hydrogens is 312 g/mol. The highest BCUT2D eigenvalue weighted by atomic mass is 32.1. The summed E-state index contributed by atoms with van der Waals surface area (Å²) in [7, 11) is 0. The molecular formula is C16H20N4O2S. The van der Waals surface area contributed by atoms with Crippen LogP contribution in [0.3, 0.4) is 0 Å². The van der Waals surface area contributed by atoms with Crippen LogP contribution in [-0.2, 0) is 9.59 Å². The molecule has 0 atom stereocenters. The Hall–Kier alpha value is -1.99. The van der Waals surface area contributed by atoms with Gasteiger partial charge in [0.25, 0.3) is 0 Å². The molecule has 2 aromatic rings. The monoisotopic (exact) mass is 332 g/mol. The normalized spacial score (nSPS) is 16.6. The highest BCUT2D eigenvalue weighted by molar-refractivity contribution is 7.22. The topological polar surface area (TPSA) is 88.3 Å². The van der Waals surface area contributed by atoms with Gasteiger partial charge in [0.1, 0.15) is 0 Å². The molecule has 1 aromatic heterocycles. The Balaban J connectivity index is 1.55. The van der Waals surface area contributed by atoms with E-state index in [4.69, 9.17) is 5.73 Å². The fourth-order valence-electron chi connectivity index (χ4n) is 2.82. The fraction of sp³-hybridized carbons (Fsp3) is 0.438. The van der Waals surface area contributed by atoms with Gasteiger partial charge in [0.15, 0.2) is 5.13 Å². The Morgan fingerprint density at radius 1 is 1.39 bits per heavy atom. The van der Waals surface area contributed by atoms with Gasteiger partial charge in [-0.15, -0.1) is 0 Å². The van der Waals surface area contributed by atoms with Crippen LogP contribution >= 0.6 is 11.3 Å². The first-order chi connectivity index (χ1) is 11.0. The summed E-state index contributed by atoms with van der Waals surface area (Å²) in [5.41, 5.74) is 7.40. The summed E-state index contributed by atoms with van der Waals surface area (Å²) in [6.45, 7) is 3.80. The molecule has 0 spiro atoms. The van der Waals surface area contributed by atoms with Crippen LogP contribution in [-0.4, -0.2) is 41.3 Å². The number of fused-ring (bicyclic) bond motifs is 1. The summed E-state index contributed by atoms with van der Waals surface area (Å²) in [5, 5.41) is 3.49. The van der Waals surface area contributed by atoms with E-state index in [0.29, 0.717) is 11.7 Å². The Morgan fingerprint density at radius 2 is 2.13 bits per heavy atom. The molecule has 0 radical (unpaired) electrons. The Morgan fingerprint density at radius 3 is 2.83 bits per heavy atom. The maximum absolute atomic E-state index is 12.2. The zero-order chi connectivity index (χ0) is 16.4. The third-order valence-electron chi connectivity index (χ3n) is 4.15. The van der Waals surface area contributed by atoms with Gasteiger partial charge in [-0.1, -0.05) is 17.4 Å². The minimum absolute atomic E-state index is 0.0539. The van der Waals surface area contributed by atoms with Crippen molar-refractivity contribution in [3.63, 3.8) is 0 Å². The number of aryl methyl sites for hydroxylation is 1. The molecule has 1 aromatic carbocycles. The molecule has 23 heavy (non-hydrogen) atoms. The predicted octanol–water partition coefficient (Wildman–Crippen LogP) is 1.74. The molecule has 2 amide bonds. The summed E-state index contributed by atoms with van der Waals surface area (Å²) in [4.78, 5) is 29.8. The maximum Gasteiger partial charge on any atom is 0.240 e. The van der Waals surface area contributed by atoms with Crippen LogP contribution in [0.15, 0.2) is 18.2 Å². The van der Waals surface area contributed by atoms with Gasteiger partial charge >= 0.3 is 0 Å². The number of aromatic nitrogens is 1. The number of hydrogen-bond acceptors (Lipinski definition) is 5. The quantitative estimate of drug-likeness (QED) is 0.892. The number of nitrogens with two attached hydrogens (primary N) is 1. The lowest BCUT2D eigenvalue weighted by Crippen LogP contribution is -2.42. The summed E-state index contributed by atoms with van der Waals surface area (Å²) >= 11 is 1.48. The molecule has 0 aliphatic carbocycles. The third-order valence-corrected chi connectivity index (χ3v) is 5.08. The number of piperidine rings is 1. The molecule has 0 unspecified atom stereocenters. The van der Waals surface area contributed by atoms with E-state index in [0.717, 1.165) is 36.1 Å². The highest BCUT2D eigenvalue weighted by Gasteiger charge is 2.24. The molecule has 3 N–H and O–H groups in total.